The molecule has 3 aliphatic rings. The Bertz CT molecular complexity index is 488. The summed E-state index contributed by atoms with van der Waals surface area (Å²) in [6.45, 7) is 8.69. The van der Waals surface area contributed by atoms with Crippen LogP contribution in [-0.4, -0.2) is 61.2 Å². The standard InChI is InChI=1S/C16H23ClFN3/c1-2-19-14(10-12-4-3-5-13(17)16(12)18)15-11-20-6-8-21(15)9-7-20/h3-5,14-15,19H,2,6-11H2,1H3. The number of benzene rings is 1. The van der Waals surface area contributed by atoms with Crippen LogP contribution in [0.15, 0.2) is 18.2 Å². The van der Waals surface area contributed by atoms with Gasteiger partial charge in [-0.3, -0.25) is 9.80 Å². The smallest absolute Gasteiger partial charge is 0.145 e. The van der Waals surface area contributed by atoms with E-state index in [-0.39, 0.29) is 16.9 Å². The zero-order chi connectivity index (χ0) is 14.8. The van der Waals surface area contributed by atoms with E-state index >= 15 is 0 Å². The van der Waals surface area contributed by atoms with Gasteiger partial charge in [-0.2, -0.15) is 0 Å². The third kappa shape index (κ3) is 3.24. The summed E-state index contributed by atoms with van der Waals surface area (Å²) in [5.41, 5.74) is 0.714. The van der Waals surface area contributed by atoms with E-state index in [1.54, 1.807) is 6.07 Å². The number of hydrogen-bond donors (Lipinski definition) is 1. The van der Waals surface area contributed by atoms with Crippen molar-refractivity contribution in [3.63, 3.8) is 0 Å². The fourth-order valence-corrected chi connectivity index (χ4v) is 3.78. The topological polar surface area (TPSA) is 18.5 Å². The van der Waals surface area contributed by atoms with Crippen LogP contribution in [-0.2, 0) is 6.42 Å². The fraction of sp³-hybridized carbons (Fsp3) is 0.625. The summed E-state index contributed by atoms with van der Waals surface area (Å²) in [5, 5.41) is 3.77. The number of halogens is 2. The molecule has 3 fully saturated rings. The van der Waals surface area contributed by atoms with Crippen molar-refractivity contribution in [3.8, 4) is 0 Å². The highest BCUT2D eigenvalue weighted by molar-refractivity contribution is 6.30. The lowest BCUT2D eigenvalue weighted by Gasteiger charge is -2.50. The lowest BCUT2D eigenvalue weighted by atomic mass is 9.94. The number of rotatable bonds is 5. The van der Waals surface area contributed by atoms with Crippen molar-refractivity contribution in [3.05, 3.63) is 34.6 Å². The predicted octanol–water partition coefficient (Wildman–Crippen LogP) is 2.00. The van der Waals surface area contributed by atoms with Gasteiger partial charge >= 0.3 is 0 Å². The van der Waals surface area contributed by atoms with E-state index in [0.29, 0.717) is 18.0 Å². The number of fused-ring (bicyclic) bond motifs is 3. The van der Waals surface area contributed by atoms with Crippen LogP contribution in [0, 0.1) is 5.82 Å². The Kier molecular flexibility index (Phi) is 4.79. The minimum absolute atomic E-state index is 0.219. The Morgan fingerprint density at radius 2 is 2.10 bits per heavy atom. The van der Waals surface area contributed by atoms with E-state index in [1.165, 1.54) is 13.1 Å². The molecule has 3 aliphatic heterocycles. The van der Waals surface area contributed by atoms with Crippen molar-refractivity contribution in [1.29, 1.82) is 0 Å². The molecule has 1 N–H and O–H groups in total. The normalized spacial score (nSPS) is 29.6. The number of piperazine rings is 3. The molecule has 0 spiro atoms. The summed E-state index contributed by atoms with van der Waals surface area (Å²) in [6.07, 6.45) is 0.690. The van der Waals surface area contributed by atoms with Gasteiger partial charge in [0.1, 0.15) is 5.82 Å². The molecule has 116 valence electrons. The first-order valence-corrected chi connectivity index (χ1v) is 8.19. The van der Waals surface area contributed by atoms with E-state index in [9.17, 15) is 4.39 Å². The summed E-state index contributed by atoms with van der Waals surface area (Å²) in [5.74, 6) is -0.265. The van der Waals surface area contributed by atoms with Gasteiger partial charge in [0.15, 0.2) is 0 Å². The third-order valence-electron chi connectivity index (χ3n) is 4.72. The summed E-state index contributed by atoms with van der Waals surface area (Å²) < 4.78 is 14.2. The average Bonchev–Trinajstić information content (AvgIpc) is 2.52. The largest absolute Gasteiger partial charge is 0.312 e. The quantitative estimate of drug-likeness (QED) is 0.897. The number of nitrogens with zero attached hydrogens (tertiary/aromatic N) is 2. The van der Waals surface area contributed by atoms with Gasteiger partial charge in [-0.15, -0.1) is 0 Å². The van der Waals surface area contributed by atoms with Crippen molar-refractivity contribution in [2.75, 3.05) is 39.3 Å². The average molecular weight is 312 g/mol. The molecule has 0 radical (unpaired) electrons. The van der Waals surface area contributed by atoms with Crippen LogP contribution in [0.4, 0.5) is 4.39 Å². The molecule has 0 amide bonds. The highest BCUT2D eigenvalue weighted by atomic mass is 35.5. The van der Waals surface area contributed by atoms with Crippen molar-refractivity contribution < 1.29 is 4.39 Å². The van der Waals surface area contributed by atoms with Gasteiger partial charge in [-0.1, -0.05) is 30.7 Å². The summed E-state index contributed by atoms with van der Waals surface area (Å²) >= 11 is 5.91. The van der Waals surface area contributed by atoms with Crippen LogP contribution >= 0.6 is 11.6 Å². The highest BCUT2D eigenvalue weighted by Gasteiger charge is 2.36. The molecule has 1 aromatic rings. The lowest BCUT2D eigenvalue weighted by molar-refractivity contribution is -0.00299. The minimum Gasteiger partial charge on any atom is -0.312 e. The lowest BCUT2D eigenvalue weighted by Crippen LogP contribution is -2.66. The fourth-order valence-electron chi connectivity index (χ4n) is 3.59. The Labute approximate surface area is 131 Å². The van der Waals surface area contributed by atoms with Crippen LogP contribution in [0.5, 0.6) is 0 Å². The van der Waals surface area contributed by atoms with Gasteiger partial charge in [-0.25, -0.2) is 4.39 Å². The first kappa shape index (κ1) is 15.2. The summed E-state index contributed by atoms with van der Waals surface area (Å²) in [7, 11) is 0. The monoisotopic (exact) mass is 311 g/mol. The highest BCUT2D eigenvalue weighted by Crippen LogP contribution is 2.23. The first-order valence-electron chi connectivity index (χ1n) is 7.81. The van der Waals surface area contributed by atoms with E-state index in [1.807, 2.05) is 12.1 Å². The van der Waals surface area contributed by atoms with Crippen molar-refractivity contribution in [2.45, 2.75) is 25.4 Å². The second-order valence-electron chi connectivity index (χ2n) is 5.99. The van der Waals surface area contributed by atoms with Gasteiger partial charge in [0.2, 0.25) is 0 Å². The van der Waals surface area contributed by atoms with Crippen LogP contribution < -0.4 is 5.32 Å². The van der Waals surface area contributed by atoms with Crippen LogP contribution in [0.3, 0.4) is 0 Å². The molecule has 0 aromatic heterocycles. The molecular formula is C16H23ClFN3. The zero-order valence-corrected chi connectivity index (χ0v) is 13.2. The van der Waals surface area contributed by atoms with Gasteiger partial charge in [-0.05, 0) is 24.6 Å². The second-order valence-corrected chi connectivity index (χ2v) is 6.39. The van der Waals surface area contributed by atoms with E-state index in [4.69, 9.17) is 11.6 Å². The van der Waals surface area contributed by atoms with Crippen molar-refractivity contribution in [1.82, 2.24) is 15.1 Å². The Morgan fingerprint density at radius 1 is 1.33 bits per heavy atom. The molecule has 2 atom stereocenters. The second kappa shape index (κ2) is 6.61. The molecule has 5 heteroatoms. The van der Waals surface area contributed by atoms with Crippen LogP contribution in [0.25, 0.3) is 0 Å². The van der Waals surface area contributed by atoms with E-state index in [0.717, 1.165) is 26.2 Å². The molecule has 3 nitrogen and oxygen atoms in total. The van der Waals surface area contributed by atoms with Gasteiger partial charge in [0.05, 0.1) is 5.02 Å². The zero-order valence-electron chi connectivity index (χ0n) is 12.5. The van der Waals surface area contributed by atoms with Gasteiger partial charge in [0.25, 0.3) is 0 Å². The maximum absolute atomic E-state index is 14.2. The van der Waals surface area contributed by atoms with Crippen molar-refractivity contribution in [2.24, 2.45) is 0 Å². The Hall–Kier alpha value is -0.680. The number of nitrogens with one attached hydrogen (secondary N) is 1. The molecule has 1 aromatic carbocycles. The van der Waals surface area contributed by atoms with Gasteiger partial charge in [0, 0.05) is 44.8 Å². The molecule has 21 heavy (non-hydrogen) atoms. The Morgan fingerprint density at radius 3 is 2.71 bits per heavy atom. The maximum Gasteiger partial charge on any atom is 0.145 e. The van der Waals surface area contributed by atoms with Crippen LogP contribution in [0.1, 0.15) is 12.5 Å². The molecule has 0 aliphatic carbocycles. The number of hydrogen-bond acceptors (Lipinski definition) is 3. The molecule has 4 rings (SSSR count). The Balaban J connectivity index is 1.77. The first-order chi connectivity index (χ1) is 10.2. The minimum atomic E-state index is -0.265. The SMILES string of the molecule is CCNC(Cc1cccc(Cl)c1F)C1CN2CCN1CC2. The molecule has 2 unspecified atom stereocenters. The predicted molar refractivity (Wildman–Crippen MR) is 84.4 cm³/mol. The van der Waals surface area contributed by atoms with E-state index < -0.39 is 0 Å². The number of likely N-dealkylation sites (N-methyl/N-ethyl adjacent to an activating group) is 1. The molecule has 2 bridgehead atoms. The van der Waals surface area contributed by atoms with Crippen LogP contribution in [0.2, 0.25) is 5.02 Å². The van der Waals surface area contributed by atoms with Crippen molar-refractivity contribution >= 4 is 11.6 Å². The van der Waals surface area contributed by atoms with E-state index in [2.05, 4.69) is 22.0 Å². The van der Waals surface area contributed by atoms with Gasteiger partial charge < -0.3 is 5.32 Å². The summed E-state index contributed by atoms with van der Waals surface area (Å²) in [4.78, 5) is 5.07. The molecule has 3 saturated heterocycles. The molecule has 0 saturated carbocycles. The third-order valence-corrected chi connectivity index (χ3v) is 5.02. The molecular weight excluding hydrogens is 289 g/mol. The maximum atomic E-state index is 14.2. The summed E-state index contributed by atoms with van der Waals surface area (Å²) in [6, 6.07) is 6.03. The molecule has 3 heterocycles.